The Bertz CT molecular complexity index is 551. The Kier molecular flexibility index (Phi) is 4.45. The summed E-state index contributed by atoms with van der Waals surface area (Å²) in [5.74, 6) is -0.774. The standard InChI is InChI=1S/C15H16ClNO3/c1-3-17-9-12(15(19)20-2)14(18)8-13(17)10-4-6-11(16)7-5-10/h4-7,9,13H,3,8H2,1-2H3. The number of hydrogen-bond acceptors (Lipinski definition) is 4. The van der Waals surface area contributed by atoms with E-state index in [9.17, 15) is 9.59 Å². The summed E-state index contributed by atoms with van der Waals surface area (Å²) in [6, 6.07) is 7.33. The Hall–Kier alpha value is -1.81. The van der Waals surface area contributed by atoms with Gasteiger partial charge in [-0.05, 0) is 24.6 Å². The van der Waals surface area contributed by atoms with Gasteiger partial charge in [0.15, 0.2) is 5.78 Å². The second-order valence-electron chi connectivity index (χ2n) is 4.56. The Morgan fingerprint density at radius 1 is 1.40 bits per heavy atom. The Morgan fingerprint density at radius 3 is 2.60 bits per heavy atom. The van der Waals surface area contributed by atoms with E-state index in [2.05, 4.69) is 4.74 Å². The van der Waals surface area contributed by atoms with E-state index in [1.165, 1.54) is 7.11 Å². The number of ether oxygens (including phenoxy) is 1. The van der Waals surface area contributed by atoms with Crippen molar-refractivity contribution < 1.29 is 14.3 Å². The smallest absolute Gasteiger partial charge is 0.342 e. The number of ketones is 1. The zero-order valence-electron chi connectivity index (χ0n) is 11.4. The van der Waals surface area contributed by atoms with E-state index < -0.39 is 5.97 Å². The number of carbonyl (C=O) groups excluding carboxylic acids is 2. The van der Waals surface area contributed by atoms with Crippen molar-refractivity contribution >= 4 is 23.4 Å². The molecule has 1 aromatic rings. The lowest BCUT2D eigenvalue weighted by atomic mass is 9.93. The van der Waals surface area contributed by atoms with E-state index in [4.69, 9.17) is 11.6 Å². The molecule has 0 bridgehead atoms. The minimum atomic E-state index is -0.581. The molecule has 0 N–H and O–H groups in total. The molecule has 5 heteroatoms. The van der Waals surface area contributed by atoms with Gasteiger partial charge in [0.05, 0.1) is 13.2 Å². The molecule has 1 atom stereocenters. The molecule has 0 saturated heterocycles. The zero-order valence-corrected chi connectivity index (χ0v) is 12.2. The zero-order chi connectivity index (χ0) is 14.7. The molecule has 1 aliphatic rings. The van der Waals surface area contributed by atoms with Crippen molar-refractivity contribution in [3.05, 3.63) is 46.6 Å². The number of carbonyl (C=O) groups is 2. The topological polar surface area (TPSA) is 46.6 Å². The van der Waals surface area contributed by atoms with Gasteiger partial charge in [0.2, 0.25) is 0 Å². The molecule has 4 nitrogen and oxygen atoms in total. The van der Waals surface area contributed by atoms with Gasteiger partial charge >= 0.3 is 5.97 Å². The third-order valence-corrected chi connectivity index (χ3v) is 3.65. The lowest BCUT2D eigenvalue weighted by molar-refractivity contribution is -0.138. The SMILES string of the molecule is CCN1C=C(C(=O)OC)C(=O)CC1c1ccc(Cl)cc1. The fourth-order valence-electron chi connectivity index (χ4n) is 2.31. The second kappa shape index (κ2) is 6.09. The first-order chi connectivity index (χ1) is 9.56. The number of benzene rings is 1. The lowest BCUT2D eigenvalue weighted by Crippen LogP contribution is -2.33. The van der Waals surface area contributed by atoms with E-state index in [0.717, 1.165) is 5.56 Å². The van der Waals surface area contributed by atoms with Crippen LogP contribution in [0.25, 0.3) is 0 Å². The monoisotopic (exact) mass is 293 g/mol. The van der Waals surface area contributed by atoms with Crippen molar-refractivity contribution in [2.75, 3.05) is 13.7 Å². The Labute approximate surface area is 123 Å². The highest BCUT2D eigenvalue weighted by Crippen LogP contribution is 2.31. The first-order valence-corrected chi connectivity index (χ1v) is 6.79. The van der Waals surface area contributed by atoms with Crippen LogP contribution in [-0.2, 0) is 14.3 Å². The highest BCUT2D eigenvalue weighted by atomic mass is 35.5. The largest absolute Gasteiger partial charge is 0.465 e. The van der Waals surface area contributed by atoms with Crippen LogP contribution in [0.2, 0.25) is 5.02 Å². The van der Waals surface area contributed by atoms with Crippen molar-refractivity contribution in [1.82, 2.24) is 4.90 Å². The van der Waals surface area contributed by atoms with E-state index in [1.54, 1.807) is 18.3 Å². The molecule has 1 unspecified atom stereocenters. The highest BCUT2D eigenvalue weighted by molar-refractivity contribution is 6.30. The van der Waals surface area contributed by atoms with Gasteiger partial charge in [0.1, 0.15) is 5.57 Å². The maximum absolute atomic E-state index is 12.1. The highest BCUT2D eigenvalue weighted by Gasteiger charge is 2.31. The molecule has 106 valence electrons. The van der Waals surface area contributed by atoms with Gasteiger partial charge in [0, 0.05) is 24.2 Å². The number of Topliss-reactive ketones (excluding diaryl/α,β-unsaturated/α-hetero) is 1. The van der Waals surface area contributed by atoms with E-state index in [0.29, 0.717) is 11.6 Å². The summed E-state index contributed by atoms with van der Waals surface area (Å²) in [5, 5.41) is 0.657. The maximum atomic E-state index is 12.1. The van der Waals surface area contributed by atoms with Crippen LogP contribution >= 0.6 is 11.6 Å². The Balaban J connectivity index is 2.33. The maximum Gasteiger partial charge on any atom is 0.342 e. The predicted octanol–water partition coefficient (Wildman–Crippen LogP) is 2.73. The van der Waals surface area contributed by atoms with Crippen molar-refractivity contribution in [2.45, 2.75) is 19.4 Å². The summed E-state index contributed by atoms with van der Waals surface area (Å²) < 4.78 is 4.64. The fraction of sp³-hybridized carbons (Fsp3) is 0.333. The molecule has 0 fully saturated rings. The third kappa shape index (κ3) is 2.85. The van der Waals surface area contributed by atoms with Crippen molar-refractivity contribution in [3.8, 4) is 0 Å². The summed E-state index contributed by atoms with van der Waals surface area (Å²) in [7, 11) is 1.28. The van der Waals surface area contributed by atoms with Crippen molar-refractivity contribution in [3.63, 3.8) is 0 Å². The third-order valence-electron chi connectivity index (χ3n) is 3.40. The van der Waals surface area contributed by atoms with Gasteiger partial charge in [-0.25, -0.2) is 4.79 Å². The quantitative estimate of drug-likeness (QED) is 0.635. The summed E-state index contributed by atoms with van der Waals surface area (Å²) in [5.41, 5.74) is 1.12. The first kappa shape index (κ1) is 14.6. The molecule has 0 radical (unpaired) electrons. The molecular formula is C15H16ClNO3. The molecule has 1 aliphatic heterocycles. The van der Waals surface area contributed by atoms with Gasteiger partial charge in [-0.15, -0.1) is 0 Å². The van der Waals surface area contributed by atoms with Crippen LogP contribution < -0.4 is 0 Å². The molecule has 0 amide bonds. The molecule has 0 spiro atoms. The van der Waals surface area contributed by atoms with Crippen LogP contribution in [0, 0.1) is 0 Å². The van der Waals surface area contributed by atoms with Gasteiger partial charge < -0.3 is 9.64 Å². The lowest BCUT2D eigenvalue weighted by Gasteiger charge is -2.33. The predicted molar refractivity (Wildman–Crippen MR) is 76.3 cm³/mol. The van der Waals surface area contributed by atoms with E-state index >= 15 is 0 Å². The summed E-state index contributed by atoms with van der Waals surface area (Å²) >= 11 is 5.88. The molecular weight excluding hydrogens is 278 g/mol. The normalized spacial score (nSPS) is 18.8. The molecule has 1 heterocycles. The molecule has 20 heavy (non-hydrogen) atoms. The summed E-state index contributed by atoms with van der Waals surface area (Å²) in [6.45, 7) is 2.67. The van der Waals surface area contributed by atoms with Gasteiger partial charge in [-0.2, -0.15) is 0 Å². The molecule has 2 rings (SSSR count). The van der Waals surface area contributed by atoms with Crippen molar-refractivity contribution in [1.29, 1.82) is 0 Å². The van der Waals surface area contributed by atoms with Gasteiger partial charge in [-0.1, -0.05) is 23.7 Å². The summed E-state index contributed by atoms with van der Waals surface area (Å²) in [4.78, 5) is 25.6. The van der Waals surface area contributed by atoms with Crippen molar-refractivity contribution in [2.24, 2.45) is 0 Å². The fourth-order valence-corrected chi connectivity index (χ4v) is 2.44. The number of halogens is 1. The minimum absolute atomic E-state index is 0.0711. The minimum Gasteiger partial charge on any atom is -0.465 e. The average Bonchev–Trinajstić information content (AvgIpc) is 2.47. The molecule has 0 aliphatic carbocycles. The average molecular weight is 294 g/mol. The van der Waals surface area contributed by atoms with Crippen LogP contribution in [0.3, 0.4) is 0 Å². The number of methoxy groups -OCH3 is 1. The van der Waals surface area contributed by atoms with Crippen LogP contribution in [-0.4, -0.2) is 30.3 Å². The van der Waals surface area contributed by atoms with Gasteiger partial charge in [-0.3, -0.25) is 4.79 Å². The molecule has 0 saturated carbocycles. The molecule has 1 aromatic carbocycles. The van der Waals surface area contributed by atoms with Crippen LogP contribution in [0.15, 0.2) is 36.0 Å². The van der Waals surface area contributed by atoms with Crippen LogP contribution in [0.4, 0.5) is 0 Å². The number of nitrogens with zero attached hydrogens (tertiary/aromatic N) is 1. The van der Waals surface area contributed by atoms with E-state index in [-0.39, 0.29) is 23.8 Å². The number of esters is 1. The summed E-state index contributed by atoms with van der Waals surface area (Å²) in [6.07, 6.45) is 1.85. The Morgan fingerprint density at radius 2 is 2.05 bits per heavy atom. The number of hydrogen-bond donors (Lipinski definition) is 0. The number of rotatable bonds is 3. The van der Waals surface area contributed by atoms with Gasteiger partial charge in [0.25, 0.3) is 0 Å². The first-order valence-electron chi connectivity index (χ1n) is 6.41. The van der Waals surface area contributed by atoms with Crippen LogP contribution in [0.1, 0.15) is 24.9 Å². The second-order valence-corrected chi connectivity index (χ2v) is 5.00. The molecule has 0 aromatic heterocycles. The van der Waals surface area contributed by atoms with E-state index in [1.807, 2.05) is 24.0 Å². The van der Waals surface area contributed by atoms with Crippen LogP contribution in [0.5, 0.6) is 0 Å².